The number of hydrogen-bond donors (Lipinski definition) is 5. The molecule has 0 aromatic carbocycles. The number of rotatable bonds is 10. The van der Waals surface area contributed by atoms with Crippen LogP contribution >= 0.6 is 0 Å². The van der Waals surface area contributed by atoms with E-state index < -0.39 is 66.3 Å². The van der Waals surface area contributed by atoms with Gasteiger partial charge in [-0.1, -0.05) is 64.5 Å². The molecular weight excluding hydrogens is 588 g/mol. The van der Waals surface area contributed by atoms with Gasteiger partial charge in [0, 0.05) is 7.11 Å². The van der Waals surface area contributed by atoms with Crippen LogP contribution < -0.4 is 0 Å². The molecule has 9 heteroatoms. The quantitative estimate of drug-likeness (QED) is 0.212. The first-order valence-electron chi connectivity index (χ1n) is 17.4. The molecule has 0 bridgehead atoms. The second-order valence-corrected chi connectivity index (χ2v) is 15.8. The predicted octanol–water partition coefficient (Wildman–Crippen LogP) is 4.77. The molecule has 3 fully saturated rings. The second kappa shape index (κ2) is 13.0. The number of aliphatic hydroxyl groups excluding tert-OH is 4. The molecule has 0 aromatic heterocycles. The summed E-state index contributed by atoms with van der Waals surface area (Å²) in [4.78, 5) is 13.6. The lowest BCUT2D eigenvalue weighted by atomic mass is 9.45. The van der Waals surface area contributed by atoms with Gasteiger partial charge >= 0.3 is 5.97 Å². The van der Waals surface area contributed by atoms with Gasteiger partial charge < -0.3 is 39.7 Å². The van der Waals surface area contributed by atoms with Gasteiger partial charge in [-0.05, 0) is 97.9 Å². The van der Waals surface area contributed by atoms with Crippen LogP contribution in [0.25, 0.3) is 0 Å². The summed E-state index contributed by atoms with van der Waals surface area (Å²) in [6.07, 6.45) is -0.457. The monoisotopic (exact) mass is 646 g/mol. The van der Waals surface area contributed by atoms with E-state index in [4.69, 9.17) is 14.2 Å². The van der Waals surface area contributed by atoms with Crippen molar-refractivity contribution in [2.75, 3.05) is 13.7 Å². The third kappa shape index (κ3) is 5.28. The number of carbonyl (C=O) groups is 1. The van der Waals surface area contributed by atoms with Gasteiger partial charge in [0.1, 0.15) is 29.8 Å². The van der Waals surface area contributed by atoms with Crippen LogP contribution in [-0.2, 0) is 19.0 Å². The van der Waals surface area contributed by atoms with Gasteiger partial charge in [-0.25, -0.2) is 0 Å². The average molecular weight is 647 g/mol. The molecule has 13 atom stereocenters. The van der Waals surface area contributed by atoms with Crippen LogP contribution in [-0.4, -0.2) is 88.1 Å². The Morgan fingerprint density at radius 3 is 2.37 bits per heavy atom. The van der Waals surface area contributed by atoms with E-state index in [0.29, 0.717) is 38.0 Å². The molecule has 5 rings (SSSR count). The molecule has 46 heavy (non-hydrogen) atoms. The van der Waals surface area contributed by atoms with Gasteiger partial charge in [-0.2, -0.15) is 0 Å². The molecule has 0 radical (unpaired) electrons. The number of aliphatic carboxylic acids is 1. The summed E-state index contributed by atoms with van der Waals surface area (Å²) in [5.41, 5.74) is 2.01. The molecule has 2 saturated carbocycles. The van der Waals surface area contributed by atoms with Gasteiger partial charge in [0.05, 0.1) is 18.8 Å². The summed E-state index contributed by atoms with van der Waals surface area (Å²) in [5, 5.41) is 54.2. The summed E-state index contributed by atoms with van der Waals surface area (Å²) < 4.78 is 17.4. The SMILES string of the molecule is C=C(CC[C@@H](C)[C@H]1C[C@@H](O)[C@@]2(C(=O)O)C3=C(CC[C@]12C)[C@@]1(C)CC[C@H](O[C@H]2O[C@H](CO)[C@@H](OC)[C@H](O)[C@H]2O)C(=C)C1CC3)C(C)C. The minimum Gasteiger partial charge on any atom is -0.480 e. The Morgan fingerprint density at radius 1 is 1.07 bits per heavy atom. The van der Waals surface area contributed by atoms with E-state index in [1.54, 1.807) is 0 Å². The third-order valence-electron chi connectivity index (χ3n) is 13.5. The lowest BCUT2D eigenvalue weighted by molar-refractivity contribution is -0.313. The molecule has 0 spiro atoms. The van der Waals surface area contributed by atoms with Crippen LogP contribution in [0, 0.1) is 39.9 Å². The first-order chi connectivity index (χ1) is 21.6. The van der Waals surface area contributed by atoms with E-state index in [-0.39, 0.29) is 23.2 Å². The highest BCUT2D eigenvalue weighted by Crippen LogP contribution is 2.72. The van der Waals surface area contributed by atoms with E-state index >= 15 is 0 Å². The fourth-order valence-electron chi connectivity index (χ4n) is 10.7. The number of carboxylic acids is 1. The predicted molar refractivity (Wildman–Crippen MR) is 174 cm³/mol. The van der Waals surface area contributed by atoms with Gasteiger partial charge in [0.25, 0.3) is 0 Å². The van der Waals surface area contributed by atoms with Crippen LogP contribution in [0.2, 0.25) is 0 Å². The molecule has 0 amide bonds. The van der Waals surface area contributed by atoms with Crippen molar-refractivity contribution in [1.29, 1.82) is 0 Å². The molecule has 260 valence electrons. The van der Waals surface area contributed by atoms with Crippen LogP contribution in [0.5, 0.6) is 0 Å². The first-order valence-corrected chi connectivity index (χ1v) is 17.4. The molecule has 0 aromatic rings. The number of methoxy groups -OCH3 is 1. The fraction of sp³-hybridized carbons (Fsp3) is 0.811. The molecule has 1 unspecified atom stereocenters. The summed E-state index contributed by atoms with van der Waals surface area (Å²) in [6.45, 7) is 19.2. The first kappa shape index (κ1) is 35.7. The smallest absolute Gasteiger partial charge is 0.317 e. The minimum absolute atomic E-state index is 0.0292. The Morgan fingerprint density at radius 2 is 1.76 bits per heavy atom. The molecular formula is C37H58O9. The zero-order valence-corrected chi connectivity index (χ0v) is 28.7. The van der Waals surface area contributed by atoms with Crippen LogP contribution in [0.4, 0.5) is 0 Å². The molecule has 4 aliphatic carbocycles. The largest absolute Gasteiger partial charge is 0.480 e. The van der Waals surface area contributed by atoms with Gasteiger partial charge in [0.2, 0.25) is 0 Å². The standard InChI is InChI=1S/C37H58O9/c1-19(2)20(3)9-10-21(4)26-17-29(39)37(34(42)43)25-12-11-23-22(5)27(14-15-35(23,6)24(25)13-16-36(26,37)7)45-33-31(41)30(40)32(44-8)28(18-38)46-33/h19,21,23,26-33,38-41H,3,5,9-18H2,1-2,4,6-8H3,(H,42,43)/t21-,23?,26-,27+,28-,29-,30-,31-,32-,33+,35+,36-,37-/m1/s1. The van der Waals surface area contributed by atoms with E-state index in [9.17, 15) is 30.3 Å². The molecule has 1 saturated heterocycles. The summed E-state index contributed by atoms with van der Waals surface area (Å²) in [6, 6.07) is 0. The molecule has 1 aliphatic heterocycles. The maximum Gasteiger partial charge on any atom is 0.317 e. The zero-order chi connectivity index (χ0) is 33.9. The van der Waals surface area contributed by atoms with Gasteiger partial charge in [-0.3, -0.25) is 4.79 Å². The summed E-state index contributed by atoms with van der Waals surface area (Å²) >= 11 is 0. The van der Waals surface area contributed by atoms with Crippen LogP contribution in [0.3, 0.4) is 0 Å². The van der Waals surface area contributed by atoms with Crippen LogP contribution in [0.1, 0.15) is 92.4 Å². The van der Waals surface area contributed by atoms with E-state index in [2.05, 4.69) is 47.8 Å². The minimum atomic E-state index is -1.36. The Balaban J connectivity index is 1.40. The van der Waals surface area contributed by atoms with Crippen molar-refractivity contribution in [3.63, 3.8) is 0 Å². The van der Waals surface area contributed by atoms with Crippen molar-refractivity contribution >= 4 is 5.97 Å². The Kier molecular flexibility index (Phi) is 10.1. The van der Waals surface area contributed by atoms with E-state index in [0.717, 1.165) is 36.8 Å². The number of aliphatic hydroxyl groups is 4. The Hall–Kier alpha value is -1.59. The van der Waals surface area contributed by atoms with Gasteiger partial charge in [0.15, 0.2) is 6.29 Å². The normalized spacial score (nSPS) is 44.8. The number of carboxylic acid groups (broad SMARTS) is 1. The highest BCUT2D eigenvalue weighted by Gasteiger charge is 2.71. The zero-order valence-electron chi connectivity index (χ0n) is 28.7. The van der Waals surface area contributed by atoms with E-state index in [1.807, 2.05) is 0 Å². The van der Waals surface area contributed by atoms with Crippen LogP contribution in [0.15, 0.2) is 35.5 Å². The lowest BCUT2D eigenvalue weighted by Gasteiger charge is -2.59. The highest BCUT2D eigenvalue weighted by atomic mass is 16.7. The topological polar surface area (TPSA) is 146 Å². The van der Waals surface area contributed by atoms with Crippen molar-refractivity contribution in [2.24, 2.45) is 39.9 Å². The second-order valence-electron chi connectivity index (χ2n) is 15.8. The highest BCUT2D eigenvalue weighted by molar-refractivity contribution is 5.83. The van der Waals surface area contributed by atoms with Crippen molar-refractivity contribution < 1.29 is 44.5 Å². The molecule has 9 nitrogen and oxygen atoms in total. The average Bonchev–Trinajstić information content (AvgIpc) is 3.26. The Bertz CT molecular complexity index is 1230. The molecule has 1 heterocycles. The van der Waals surface area contributed by atoms with Crippen molar-refractivity contribution in [2.45, 2.75) is 135 Å². The fourth-order valence-corrected chi connectivity index (χ4v) is 10.7. The number of fused-ring (bicyclic) bond motifs is 4. The third-order valence-corrected chi connectivity index (χ3v) is 13.5. The van der Waals surface area contributed by atoms with Crippen molar-refractivity contribution in [3.05, 3.63) is 35.5 Å². The van der Waals surface area contributed by atoms with E-state index in [1.165, 1.54) is 18.3 Å². The number of hydrogen-bond acceptors (Lipinski definition) is 8. The van der Waals surface area contributed by atoms with Crippen molar-refractivity contribution in [3.8, 4) is 0 Å². The van der Waals surface area contributed by atoms with Crippen molar-refractivity contribution in [1.82, 2.24) is 0 Å². The van der Waals surface area contributed by atoms with Gasteiger partial charge in [-0.15, -0.1) is 0 Å². The number of allylic oxidation sites excluding steroid dienone is 2. The molecule has 5 N–H and O–H groups in total. The summed E-state index contributed by atoms with van der Waals surface area (Å²) in [7, 11) is 1.39. The number of ether oxygens (including phenoxy) is 3. The maximum absolute atomic E-state index is 13.6. The lowest BCUT2D eigenvalue weighted by Crippen LogP contribution is -2.61. The summed E-state index contributed by atoms with van der Waals surface area (Å²) in [5.74, 6) is -0.102. The Labute approximate surface area is 274 Å². The maximum atomic E-state index is 13.6. The molecule has 5 aliphatic rings.